The number of hydrogen-bond acceptors (Lipinski definition) is 2. The van der Waals surface area contributed by atoms with E-state index < -0.39 is 0 Å². The molecule has 15 heavy (non-hydrogen) atoms. The molecule has 84 valence electrons. The first-order valence-electron chi connectivity index (χ1n) is 5.98. The molecule has 1 aliphatic carbocycles. The van der Waals surface area contributed by atoms with Gasteiger partial charge in [-0.3, -0.25) is 4.68 Å². The van der Waals surface area contributed by atoms with Crippen LogP contribution in [0.1, 0.15) is 26.7 Å². The van der Waals surface area contributed by atoms with Gasteiger partial charge in [0.1, 0.15) is 0 Å². The monoisotopic (exact) mass is 207 g/mol. The van der Waals surface area contributed by atoms with E-state index in [0.29, 0.717) is 0 Å². The topological polar surface area (TPSA) is 29.9 Å². The van der Waals surface area contributed by atoms with Crippen molar-refractivity contribution in [2.75, 3.05) is 6.54 Å². The molecule has 3 nitrogen and oxygen atoms in total. The van der Waals surface area contributed by atoms with Gasteiger partial charge in [-0.05, 0) is 30.7 Å². The van der Waals surface area contributed by atoms with Gasteiger partial charge in [-0.1, -0.05) is 13.8 Å². The van der Waals surface area contributed by atoms with Crippen LogP contribution in [0.15, 0.2) is 18.5 Å². The number of nitrogens with zero attached hydrogens (tertiary/aromatic N) is 2. The molecule has 0 bridgehead atoms. The summed E-state index contributed by atoms with van der Waals surface area (Å²) in [6.07, 6.45) is 6.56. The fourth-order valence-electron chi connectivity index (χ4n) is 2.45. The van der Waals surface area contributed by atoms with Gasteiger partial charge in [-0.2, -0.15) is 5.10 Å². The molecule has 0 amide bonds. The third-order valence-corrected chi connectivity index (χ3v) is 3.77. The van der Waals surface area contributed by atoms with Gasteiger partial charge in [0.15, 0.2) is 0 Å². The van der Waals surface area contributed by atoms with Crippen molar-refractivity contribution < 1.29 is 0 Å². The van der Waals surface area contributed by atoms with Gasteiger partial charge >= 0.3 is 0 Å². The Morgan fingerprint density at radius 1 is 1.40 bits per heavy atom. The highest BCUT2D eigenvalue weighted by molar-refractivity contribution is 4.85. The van der Waals surface area contributed by atoms with Crippen molar-refractivity contribution >= 4 is 0 Å². The van der Waals surface area contributed by atoms with Crippen LogP contribution >= 0.6 is 0 Å². The van der Waals surface area contributed by atoms with Crippen molar-refractivity contribution in [2.45, 2.75) is 39.3 Å². The fourth-order valence-corrected chi connectivity index (χ4v) is 2.45. The molecule has 3 heteroatoms. The Bertz CT molecular complexity index is 281. The zero-order valence-electron chi connectivity index (χ0n) is 9.69. The lowest BCUT2D eigenvalue weighted by atomic mass is 9.98. The van der Waals surface area contributed by atoms with Crippen molar-refractivity contribution in [1.82, 2.24) is 15.1 Å². The molecule has 1 saturated carbocycles. The molecule has 1 fully saturated rings. The van der Waals surface area contributed by atoms with Crippen LogP contribution in [0.2, 0.25) is 0 Å². The van der Waals surface area contributed by atoms with Gasteiger partial charge in [-0.25, -0.2) is 0 Å². The molecule has 1 N–H and O–H groups in total. The maximum absolute atomic E-state index is 4.19. The summed E-state index contributed by atoms with van der Waals surface area (Å²) < 4.78 is 1.98. The minimum Gasteiger partial charge on any atom is -0.312 e. The third kappa shape index (κ3) is 2.59. The van der Waals surface area contributed by atoms with Gasteiger partial charge in [0, 0.05) is 25.0 Å². The largest absolute Gasteiger partial charge is 0.312 e. The molecular formula is C12H21N3. The lowest BCUT2D eigenvalue weighted by Crippen LogP contribution is -2.34. The van der Waals surface area contributed by atoms with Gasteiger partial charge in [0.2, 0.25) is 0 Å². The molecule has 1 aliphatic rings. The van der Waals surface area contributed by atoms with Gasteiger partial charge in [-0.15, -0.1) is 0 Å². The van der Waals surface area contributed by atoms with Crippen molar-refractivity contribution in [3.63, 3.8) is 0 Å². The second kappa shape index (κ2) is 4.79. The number of hydrogen-bond donors (Lipinski definition) is 1. The molecule has 0 radical (unpaired) electrons. The quantitative estimate of drug-likeness (QED) is 0.817. The van der Waals surface area contributed by atoms with E-state index in [9.17, 15) is 0 Å². The normalized spacial score (nSPS) is 30.9. The van der Waals surface area contributed by atoms with E-state index in [2.05, 4.69) is 24.3 Å². The van der Waals surface area contributed by atoms with Crippen molar-refractivity contribution in [2.24, 2.45) is 11.8 Å². The highest BCUT2D eigenvalue weighted by Gasteiger charge is 2.28. The second-order valence-corrected chi connectivity index (χ2v) is 4.74. The van der Waals surface area contributed by atoms with Crippen LogP contribution in [0.5, 0.6) is 0 Å². The van der Waals surface area contributed by atoms with Crippen LogP contribution in [0.3, 0.4) is 0 Å². The van der Waals surface area contributed by atoms with E-state index in [1.54, 1.807) is 0 Å². The summed E-state index contributed by atoms with van der Waals surface area (Å²) >= 11 is 0. The average Bonchev–Trinajstić information content (AvgIpc) is 2.83. The molecule has 1 heterocycles. The lowest BCUT2D eigenvalue weighted by Gasteiger charge is -2.19. The van der Waals surface area contributed by atoms with E-state index in [4.69, 9.17) is 0 Å². The Hall–Kier alpha value is -0.830. The first-order chi connectivity index (χ1) is 7.27. The molecule has 0 spiro atoms. The molecule has 1 aromatic rings. The van der Waals surface area contributed by atoms with Crippen LogP contribution in [-0.2, 0) is 6.54 Å². The SMILES string of the molecule is CC1CCC(NCCn2cccn2)C1C. The summed E-state index contributed by atoms with van der Waals surface area (Å²) in [5.74, 6) is 1.70. The highest BCUT2D eigenvalue weighted by atomic mass is 15.3. The molecule has 0 saturated heterocycles. The summed E-state index contributed by atoms with van der Waals surface area (Å²) in [5.41, 5.74) is 0. The molecule has 3 atom stereocenters. The zero-order chi connectivity index (χ0) is 10.7. The minimum atomic E-state index is 0.718. The Labute approximate surface area is 91.9 Å². The number of nitrogens with one attached hydrogen (secondary N) is 1. The molecular weight excluding hydrogens is 186 g/mol. The Kier molecular flexibility index (Phi) is 3.41. The average molecular weight is 207 g/mol. The molecule has 0 aliphatic heterocycles. The lowest BCUT2D eigenvalue weighted by molar-refractivity contribution is 0.363. The second-order valence-electron chi connectivity index (χ2n) is 4.74. The Morgan fingerprint density at radius 2 is 2.27 bits per heavy atom. The zero-order valence-corrected chi connectivity index (χ0v) is 9.69. The highest BCUT2D eigenvalue weighted by Crippen LogP contribution is 2.30. The first-order valence-corrected chi connectivity index (χ1v) is 5.98. The number of rotatable bonds is 4. The predicted octanol–water partition coefficient (Wildman–Crippen LogP) is 1.91. The summed E-state index contributed by atoms with van der Waals surface area (Å²) in [4.78, 5) is 0. The standard InChI is InChI=1S/C12H21N3/c1-10-4-5-12(11(10)2)13-7-9-15-8-3-6-14-15/h3,6,8,10-13H,4-5,7,9H2,1-2H3. The van der Waals surface area contributed by atoms with Gasteiger partial charge in [0.25, 0.3) is 0 Å². The maximum atomic E-state index is 4.19. The molecule has 3 unspecified atom stereocenters. The van der Waals surface area contributed by atoms with E-state index in [1.807, 2.05) is 23.1 Å². The summed E-state index contributed by atoms with van der Waals surface area (Å²) in [6, 6.07) is 2.69. The predicted molar refractivity (Wildman–Crippen MR) is 61.6 cm³/mol. The third-order valence-electron chi connectivity index (χ3n) is 3.77. The van der Waals surface area contributed by atoms with Crippen LogP contribution in [0, 0.1) is 11.8 Å². The Morgan fingerprint density at radius 3 is 2.87 bits per heavy atom. The molecule has 2 rings (SSSR count). The van der Waals surface area contributed by atoms with Crippen molar-refractivity contribution in [3.05, 3.63) is 18.5 Å². The van der Waals surface area contributed by atoms with Crippen LogP contribution in [0.25, 0.3) is 0 Å². The first kappa shape index (κ1) is 10.7. The number of aromatic nitrogens is 2. The maximum Gasteiger partial charge on any atom is 0.0534 e. The van der Waals surface area contributed by atoms with Gasteiger partial charge < -0.3 is 5.32 Å². The summed E-state index contributed by atoms with van der Waals surface area (Å²) in [6.45, 7) is 6.73. The van der Waals surface area contributed by atoms with Crippen LogP contribution in [0.4, 0.5) is 0 Å². The smallest absolute Gasteiger partial charge is 0.0534 e. The van der Waals surface area contributed by atoms with Crippen molar-refractivity contribution in [3.8, 4) is 0 Å². The minimum absolute atomic E-state index is 0.718. The summed E-state index contributed by atoms with van der Waals surface area (Å²) in [5, 5.41) is 7.83. The van der Waals surface area contributed by atoms with E-state index in [-0.39, 0.29) is 0 Å². The molecule has 1 aromatic heterocycles. The Balaban J connectivity index is 1.70. The van der Waals surface area contributed by atoms with Crippen LogP contribution in [-0.4, -0.2) is 22.4 Å². The fraction of sp³-hybridized carbons (Fsp3) is 0.750. The van der Waals surface area contributed by atoms with Crippen molar-refractivity contribution in [1.29, 1.82) is 0 Å². The van der Waals surface area contributed by atoms with E-state index in [0.717, 1.165) is 31.0 Å². The summed E-state index contributed by atoms with van der Waals surface area (Å²) in [7, 11) is 0. The molecule has 0 aromatic carbocycles. The van der Waals surface area contributed by atoms with E-state index in [1.165, 1.54) is 12.8 Å². The van der Waals surface area contributed by atoms with Gasteiger partial charge in [0.05, 0.1) is 6.54 Å². The van der Waals surface area contributed by atoms with Crippen LogP contribution < -0.4 is 5.32 Å². The van der Waals surface area contributed by atoms with E-state index >= 15 is 0 Å².